The molecule has 146 valence electrons. The van der Waals surface area contributed by atoms with E-state index in [2.05, 4.69) is 5.32 Å². The topological polar surface area (TPSA) is 66.5 Å². The fraction of sp³-hybridized carbons (Fsp3) is 0.350. The van der Waals surface area contributed by atoms with Crippen LogP contribution >= 0.6 is 11.6 Å². The lowest BCUT2D eigenvalue weighted by Crippen LogP contribution is -2.32. The molecule has 2 rings (SSSR count). The number of alkyl halides is 1. The molecule has 7 heteroatoms. The number of hydrogen-bond acceptors (Lipinski definition) is 4. The molecule has 0 bridgehead atoms. The highest BCUT2D eigenvalue weighted by atomic mass is 35.5. The maximum absolute atomic E-state index is 13.2. The second-order valence-electron chi connectivity index (χ2n) is 6.58. The minimum Gasteiger partial charge on any atom is -0.378 e. The number of amides is 1. The van der Waals surface area contributed by atoms with Crippen LogP contribution in [0.2, 0.25) is 0 Å². The molecule has 0 radical (unpaired) electrons. The van der Waals surface area contributed by atoms with Gasteiger partial charge in [0.15, 0.2) is 9.84 Å². The van der Waals surface area contributed by atoms with Crippen molar-refractivity contribution in [2.45, 2.75) is 23.5 Å². The van der Waals surface area contributed by atoms with Gasteiger partial charge in [-0.15, -0.1) is 11.6 Å². The first-order valence-electron chi connectivity index (χ1n) is 8.66. The van der Waals surface area contributed by atoms with E-state index in [1.807, 2.05) is 38.1 Å². The normalized spacial score (nSPS) is 12.4. The summed E-state index contributed by atoms with van der Waals surface area (Å²) >= 11 is 5.59. The second kappa shape index (κ2) is 9.24. The number of halogens is 1. The van der Waals surface area contributed by atoms with E-state index in [9.17, 15) is 13.2 Å². The first-order valence-corrected chi connectivity index (χ1v) is 10.7. The molecular formula is C20H25ClN2O3S. The summed E-state index contributed by atoms with van der Waals surface area (Å²) in [5.74, 6) is -0.0716. The number of rotatable bonds is 8. The van der Waals surface area contributed by atoms with Crippen LogP contribution in [0.1, 0.15) is 22.8 Å². The van der Waals surface area contributed by atoms with Gasteiger partial charge in [-0.2, -0.15) is 0 Å². The number of anilines is 1. The van der Waals surface area contributed by atoms with Gasteiger partial charge in [-0.05, 0) is 36.8 Å². The van der Waals surface area contributed by atoms with Crippen molar-refractivity contribution >= 4 is 33.0 Å². The van der Waals surface area contributed by atoms with Gasteiger partial charge in [0, 0.05) is 38.6 Å². The maximum atomic E-state index is 13.2. The van der Waals surface area contributed by atoms with Crippen LogP contribution in [-0.2, 0) is 14.6 Å². The number of benzene rings is 2. The van der Waals surface area contributed by atoms with Gasteiger partial charge >= 0.3 is 0 Å². The first kappa shape index (κ1) is 21.3. The molecule has 5 nitrogen and oxygen atoms in total. The predicted octanol–water partition coefficient (Wildman–Crippen LogP) is 3.32. The Morgan fingerprint density at radius 2 is 1.67 bits per heavy atom. The summed E-state index contributed by atoms with van der Waals surface area (Å²) in [6, 6.07) is 14.1. The largest absolute Gasteiger partial charge is 0.378 e. The molecule has 1 amide bonds. The van der Waals surface area contributed by atoms with Crippen LogP contribution in [0.3, 0.4) is 0 Å². The smallest absolute Gasteiger partial charge is 0.221 e. The fourth-order valence-electron chi connectivity index (χ4n) is 2.67. The van der Waals surface area contributed by atoms with Crippen molar-refractivity contribution in [1.29, 1.82) is 0 Å². The van der Waals surface area contributed by atoms with E-state index in [0.717, 1.165) is 11.3 Å². The number of sulfone groups is 1. The molecular weight excluding hydrogens is 384 g/mol. The summed E-state index contributed by atoms with van der Waals surface area (Å²) in [5.41, 5.74) is 2.58. The summed E-state index contributed by atoms with van der Waals surface area (Å²) in [4.78, 5) is 14.0. The quantitative estimate of drug-likeness (QED) is 0.680. The highest BCUT2D eigenvalue weighted by molar-refractivity contribution is 7.91. The molecule has 27 heavy (non-hydrogen) atoms. The van der Waals surface area contributed by atoms with Crippen molar-refractivity contribution in [3.8, 4) is 0 Å². The van der Waals surface area contributed by atoms with Gasteiger partial charge in [0.2, 0.25) is 5.91 Å². The SMILES string of the molecule is Cc1ccc(S(=O)(=O)[C@H](CNC(=O)CCCl)c2ccc(N(C)C)cc2)cc1. The average molecular weight is 409 g/mol. The highest BCUT2D eigenvalue weighted by Crippen LogP contribution is 2.30. The first-order chi connectivity index (χ1) is 12.8. The summed E-state index contributed by atoms with van der Waals surface area (Å²) in [7, 11) is 0.161. The third kappa shape index (κ3) is 5.47. The Kier molecular flexibility index (Phi) is 7.27. The van der Waals surface area contributed by atoms with Crippen molar-refractivity contribution in [2.24, 2.45) is 0 Å². The van der Waals surface area contributed by atoms with Crippen LogP contribution in [0.4, 0.5) is 5.69 Å². The number of nitrogens with one attached hydrogen (secondary N) is 1. The van der Waals surface area contributed by atoms with E-state index >= 15 is 0 Å². The Hall–Kier alpha value is -2.05. The van der Waals surface area contributed by atoms with E-state index in [-0.39, 0.29) is 29.6 Å². The van der Waals surface area contributed by atoms with Gasteiger partial charge in [-0.1, -0.05) is 29.8 Å². The Morgan fingerprint density at radius 1 is 1.07 bits per heavy atom. The summed E-state index contributed by atoms with van der Waals surface area (Å²) in [6.07, 6.45) is 0.151. The molecule has 0 aromatic heterocycles. The lowest BCUT2D eigenvalue weighted by molar-refractivity contribution is -0.120. The van der Waals surface area contributed by atoms with Crippen LogP contribution in [0.25, 0.3) is 0 Å². The third-order valence-corrected chi connectivity index (χ3v) is 6.62. The number of hydrogen-bond donors (Lipinski definition) is 1. The number of nitrogens with zero attached hydrogens (tertiary/aromatic N) is 1. The van der Waals surface area contributed by atoms with Crippen molar-refractivity contribution in [3.63, 3.8) is 0 Å². The minimum atomic E-state index is -3.68. The molecule has 0 aliphatic carbocycles. The van der Waals surface area contributed by atoms with Crippen molar-refractivity contribution in [2.75, 3.05) is 31.4 Å². The average Bonchev–Trinajstić information content (AvgIpc) is 2.62. The molecule has 1 N–H and O–H groups in total. The van der Waals surface area contributed by atoms with Crippen molar-refractivity contribution in [1.82, 2.24) is 5.32 Å². The zero-order valence-corrected chi connectivity index (χ0v) is 17.3. The monoisotopic (exact) mass is 408 g/mol. The Bertz CT molecular complexity index is 863. The lowest BCUT2D eigenvalue weighted by atomic mass is 10.1. The number of carbonyl (C=O) groups excluding carboxylic acids is 1. The summed E-state index contributed by atoms with van der Waals surface area (Å²) < 4.78 is 26.5. The van der Waals surface area contributed by atoms with Crippen molar-refractivity contribution < 1.29 is 13.2 Å². The molecule has 0 saturated carbocycles. The van der Waals surface area contributed by atoms with Gasteiger partial charge in [-0.25, -0.2) is 8.42 Å². The van der Waals surface area contributed by atoms with E-state index in [0.29, 0.717) is 5.56 Å². The molecule has 0 saturated heterocycles. The molecule has 0 unspecified atom stereocenters. The zero-order valence-electron chi connectivity index (χ0n) is 15.8. The fourth-order valence-corrected chi connectivity index (χ4v) is 4.50. The lowest BCUT2D eigenvalue weighted by Gasteiger charge is -2.20. The molecule has 0 fully saturated rings. The highest BCUT2D eigenvalue weighted by Gasteiger charge is 2.29. The van der Waals surface area contributed by atoms with Crippen LogP contribution in [0.15, 0.2) is 53.4 Å². The number of aryl methyl sites for hydroxylation is 1. The maximum Gasteiger partial charge on any atom is 0.221 e. The molecule has 2 aromatic carbocycles. The number of carbonyl (C=O) groups is 1. The summed E-state index contributed by atoms with van der Waals surface area (Å²) in [5, 5.41) is 1.81. The molecule has 1 atom stereocenters. The van der Waals surface area contributed by atoms with Crippen LogP contribution in [0, 0.1) is 6.92 Å². The van der Waals surface area contributed by atoms with E-state index in [1.165, 1.54) is 0 Å². The Labute approximate surface area is 166 Å². The standard InChI is InChI=1S/C20H25ClN2O3S/c1-15-4-10-18(11-5-15)27(25,26)19(14-22-20(24)12-13-21)16-6-8-17(9-7-16)23(2)3/h4-11,19H,12-14H2,1-3H3,(H,22,24)/t19-/m1/s1. The van der Waals surface area contributed by atoms with Gasteiger partial charge in [0.25, 0.3) is 0 Å². The van der Waals surface area contributed by atoms with Crippen LogP contribution < -0.4 is 10.2 Å². The molecule has 2 aromatic rings. The second-order valence-corrected chi connectivity index (χ2v) is 9.08. The van der Waals surface area contributed by atoms with Gasteiger partial charge < -0.3 is 10.2 Å². The van der Waals surface area contributed by atoms with Crippen LogP contribution in [-0.4, -0.2) is 40.8 Å². The Balaban J connectivity index is 2.39. The van der Waals surface area contributed by atoms with Crippen LogP contribution in [0.5, 0.6) is 0 Å². The predicted molar refractivity (Wildman–Crippen MR) is 110 cm³/mol. The molecule has 0 aliphatic heterocycles. The zero-order chi connectivity index (χ0) is 20.0. The van der Waals surface area contributed by atoms with Crippen molar-refractivity contribution in [3.05, 3.63) is 59.7 Å². The van der Waals surface area contributed by atoms with Gasteiger partial charge in [0.05, 0.1) is 4.90 Å². The molecule has 0 spiro atoms. The summed E-state index contributed by atoms with van der Waals surface area (Å²) in [6.45, 7) is 1.90. The van der Waals surface area contributed by atoms with Gasteiger partial charge in [-0.3, -0.25) is 4.79 Å². The molecule has 0 aliphatic rings. The third-order valence-electron chi connectivity index (χ3n) is 4.31. The van der Waals surface area contributed by atoms with E-state index in [1.54, 1.807) is 36.4 Å². The molecule has 0 heterocycles. The van der Waals surface area contributed by atoms with E-state index in [4.69, 9.17) is 11.6 Å². The minimum absolute atomic E-state index is 0.00670. The van der Waals surface area contributed by atoms with E-state index < -0.39 is 15.1 Å². The van der Waals surface area contributed by atoms with Gasteiger partial charge in [0.1, 0.15) is 5.25 Å². The Morgan fingerprint density at radius 3 is 2.19 bits per heavy atom.